The van der Waals surface area contributed by atoms with Crippen LogP contribution in [0.25, 0.3) is 0 Å². The quantitative estimate of drug-likeness (QED) is 0.0629. The van der Waals surface area contributed by atoms with E-state index in [0.29, 0.717) is 48.1 Å². The summed E-state index contributed by atoms with van der Waals surface area (Å²) in [5.74, 6) is -2.20. The molecule has 0 atom stereocenters. The van der Waals surface area contributed by atoms with E-state index in [4.69, 9.17) is 4.74 Å². The zero-order valence-corrected chi connectivity index (χ0v) is 33.8. The van der Waals surface area contributed by atoms with E-state index >= 15 is 0 Å². The van der Waals surface area contributed by atoms with E-state index in [-0.39, 0.29) is 33.9 Å². The maximum Gasteiger partial charge on any atom is 0.339 e. The molecule has 2 aromatic carbocycles. The molecule has 0 radical (unpaired) electrons. The number of carbonyl (C=O) groups is 2. The number of carboxylic acids is 2. The van der Waals surface area contributed by atoms with Crippen LogP contribution in [0.1, 0.15) is 163 Å². The van der Waals surface area contributed by atoms with E-state index in [0.717, 1.165) is 69.8 Å². The van der Waals surface area contributed by atoms with Crippen LogP contribution in [0.3, 0.4) is 0 Å². The number of benzene rings is 2. The van der Waals surface area contributed by atoms with Gasteiger partial charge in [0.15, 0.2) is 0 Å². The van der Waals surface area contributed by atoms with Crippen LogP contribution in [0.5, 0.6) is 23.0 Å². The molecule has 0 aliphatic heterocycles. The van der Waals surface area contributed by atoms with Crippen molar-refractivity contribution in [1.29, 1.82) is 0 Å². The summed E-state index contributed by atoms with van der Waals surface area (Å²) in [6.45, 7) is 16.5. The smallest absolute Gasteiger partial charge is 0.339 e. The highest BCUT2D eigenvalue weighted by atomic mass is 16.5. The monoisotopic (exact) mass is 734 g/mol. The van der Waals surface area contributed by atoms with Crippen LogP contribution in [0, 0.1) is 0 Å². The van der Waals surface area contributed by atoms with Crippen molar-refractivity contribution < 1.29 is 39.9 Å². The first kappa shape index (κ1) is 46.6. The third kappa shape index (κ3) is 16.4. The molecule has 53 heavy (non-hydrogen) atoms. The molecule has 0 aliphatic carbocycles. The highest BCUT2D eigenvalue weighted by molar-refractivity contribution is 5.94. The first-order valence-corrected chi connectivity index (χ1v) is 19.1. The normalized spacial score (nSPS) is 11.4. The third-order valence-corrected chi connectivity index (χ3v) is 9.15. The van der Waals surface area contributed by atoms with Gasteiger partial charge in [-0.1, -0.05) is 86.1 Å². The summed E-state index contributed by atoms with van der Waals surface area (Å²) in [6, 6.07) is 3.28. The van der Waals surface area contributed by atoms with Crippen LogP contribution in [-0.2, 0) is 25.7 Å². The Kier molecular flexibility index (Phi) is 21.7. The number of methoxy groups -OCH3 is 1. The molecule has 0 aromatic heterocycles. The second-order valence-electron chi connectivity index (χ2n) is 14.4. The first-order valence-electron chi connectivity index (χ1n) is 19.1. The minimum absolute atomic E-state index is 0.0116. The lowest BCUT2D eigenvalue weighted by atomic mass is 9.94. The van der Waals surface area contributed by atoms with Crippen LogP contribution in [0.4, 0.5) is 0 Å². The van der Waals surface area contributed by atoms with Crippen LogP contribution in [0.15, 0.2) is 58.7 Å². The number of allylic oxidation sites excluding steroid dienone is 8. The molecule has 0 amide bonds. The van der Waals surface area contributed by atoms with Gasteiger partial charge in [-0.05, 0) is 129 Å². The number of aromatic hydroxyl groups is 3. The number of unbranched alkanes of at least 4 members (excludes halogenated alkanes) is 4. The number of rotatable bonds is 21. The average Bonchev–Trinajstić information content (AvgIpc) is 3.07. The first-order chi connectivity index (χ1) is 25.1. The molecule has 2 rings (SSSR count). The number of aromatic carboxylic acids is 2. The molecule has 0 heterocycles. The Morgan fingerprint density at radius 2 is 1.04 bits per heavy atom. The van der Waals surface area contributed by atoms with Crippen molar-refractivity contribution in [2.75, 3.05) is 7.11 Å². The number of aryl methyl sites for hydroxylation is 2. The van der Waals surface area contributed by atoms with Crippen LogP contribution < -0.4 is 4.74 Å². The van der Waals surface area contributed by atoms with Crippen molar-refractivity contribution in [3.63, 3.8) is 0 Å². The largest absolute Gasteiger partial charge is 0.508 e. The number of phenolic OH excluding ortho intramolecular Hbond substituents is 1. The fourth-order valence-electron chi connectivity index (χ4n) is 6.00. The second kappa shape index (κ2) is 24.7. The molecule has 8 nitrogen and oxygen atoms in total. The molecule has 0 bridgehead atoms. The highest BCUT2D eigenvalue weighted by Crippen LogP contribution is 2.37. The molecule has 5 N–H and O–H groups in total. The Hall–Kier alpha value is -4.46. The van der Waals surface area contributed by atoms with Crippen molar-refractivity contribution >= 4 is 11.9 Å². The molecule has 294 valence electrons. The Bertz CT molecular complexity index is 1620. The van der Waals surface area contributed by atoms with Crippen molar-refractivity contribution in [2.45, 2.75) is 145 Å². The predicted octanol–water partition coefficient (Wildman–Crippen LogP) is 11.8. The fraction of sp³-hybridized carbons (Fsp3) is 0.511. The van der Waals surface area contributed by atoms with Gasteiger partial charge in [-0.2, -0.15) is 0 Å². The van der Waals surface area contributed by atoms with Gasteiger partial charge in [0.2, 0.25) is 0 Å². The Labute approximate surface area is 318 Å². The van der Waals surface area contributed by atoms with Gasteiger partial charge in [0.25, 0.3) is 0 Å². The van der Waals surface area contributed by atoms with Crippen LogP contribution in [-0.4, -0.2) is 44.6 Å². The minimum Gasteiger partial charge on any atom is -0.508 e. The Morgan fingerprint density at radius 1 is 0.623 bits per heavy atom. The molecule has 0 unspecified atom stereocenters. The molecule has 2 aromatic rings. The van der Waals surface area contributed by atoms with Crippen molar-refractivity contribution in [1.82, 2.24) is 0 Å². The van der Waals surface area contributed by atoms with E-state index in [9.17, 15) is 35.1 Å². The lowest BCUT2D eigenvalue weighted by molar-refractivity contribution is 0.0680. The number of hydrogen-bond donors (Lipinski definition) is 5. The lowest BCUT2D eigenvalue weighted by Crippen LogP contribution is -2.07. The van der Waals surface area contributed by atoms with Crippen LogP contribution in [0.2, 0.25) is 0 Å². The topological polar surface area (TPSA) is 145 Å². The van der Waals surface area contributed by atoms with Crippen LogP contribution >= 0.6 is 0 Å². The Morgan fingerprint density at radius 3 is 1.43 bits per heavy atom. The van der Waals surface area contributed by atoms with E-state index in [1.165, 1.54) is 22.8 Å². The van der Waals surface area contributed by atoms with Crippen molar-refractivity contribution in [3.8, 4) is 23.0 Å². The van der Waals surface area contributed by atoms with Crippen molar-refractivity contribution in [2.24, 2.45) is 0 Å². The molecular weight excluding hydrogens is 668 g/mol. The second-order valence-corrected chi connectivity index (χ2v) is 14.4. The van der Waals surface area contributed by atoms with E-state index in [1.54, 1.807) is 13.2 Å². The standard InChI is InChI=1S/C23H34O4.C22H32O4/c1-6-7-8-12-18-15-20(27-5)19(22(24)21(18)23(25)26)14-13-17(4)11-9-10-16(2)3;1-5-6-7-11-17-14-19(23)18(21(24)20(17)22(25)26)13-12-16(4)10-8-9-15(2)3/h10,13,15,24H,6-9,11-12,14H2,1-5H3,(H,25,26);9,12,14,23-24H,5-8,10-11,13H2,1-4H3,(H,25,26)/b17-13+;16-12+. The zero-order valence-electron chi connectivity index (χ0n) is 33.8. The molecule has 0 aliphatic rings. The summed E-state index contributed by atoms with van der Waals surface area (Å²) in [5.41, 5.74) is 6.81. The highest BCUT2D eigenvalue weighted by Gasteiger charge is 2.23. The molecule has 0 spiro atoms. The molecule has 0 saturated carbocycles. The molecular formula is C45H66O8. The minimum atomic E-state index is -1.15. The fourth-order valence-corrected chi connectivity index (χ4v) is 6.00. The van der Waals surface area contributed by atoms with Gasteiger partial charge in [-0.25, -0.2) is 9.59 Å². The van der Waals surface area contributed by atoms with Gasteiger partial charge >= 0.3 is 11.9 Å². The number of phenols is 3. The van der Waals surface area contributed by atoms with E-state index in [2.05, 4.69) is 60.6 Å². The molecule has 8 heteroatoms. The summed E-state index contributed by atoms with van der Waals surface area (Å²) < 4.78 is 5.46. The van der Waals surface area contributed by atoms with Gasteiger partial charge < -0.3 is 30.3 Å². The van der Waals surface area contributed by atoms with Gasteiger partial charge in [-0.15, -0.1) is 0 Å². The third-order valence-electron chi connectivity index (χ3n) is 9.15. The van der Waals surface area contributed by atoms with E-state index < -0.39 is 11.9 Å². The summed E-state index contributed by atoms with van der Waals surface area (Å²) in [5, 5.41) is 50.5. The number of carboxylic acid groups (broad SMARTS) is 2. The number of ether oxygens (including phenoxy) is 1. The molecule has 0 fully saturated rings. The van der Waals surface area contributed by atoms with Gasteiger partial charge in [0, 0.05) is 11.1 Å². The van der Waals surface area contributed by atoms with Gasteiger partial charge in [-0.3, -0.25) is 0 Å². The summed E-state index contributed by atoms with van der Waals surface area (Å²) in [7, 11) is 1.56. The Balaban J connectivity index is 0.000000530. The summed E-state index contributed by atoms with van der Waals surface area (Å²) >= 11 is 0. The van der Waals surface area contributed by atoms with Crippen molar-refractivity contribution in [3.05, 3.63) is 92.1 Å². The van der Waals surface area contributed by atoms with Gasteiger partial charge in [0.1, 0.15) is 34.1 Å². The summed E-state index contributed by atoms with van der Waals surface area (Å²) in [6.07, 6.45) is 19.8. The summed E-state index contributed by atoms with van der Waals surface area (Å²) in [4.78, 5) is 23.4. The van der Waals surface area contributed by atoms with Gasteiger partial charge in [0.05, 0.1) is 7.11 Å². The lowest BCUT2D eigenvalue weighted by Gasteiger charge is -2.16. The zero-order chi connectivity index (χ0) is 40.1. The molecule has 0 saturated heterocycles. The maximum absolute atomic E-state index is 11.7. The predicted molar refractivity (Wildman–Crippen MR) is 217 cm³/mol. The average molecular weight is 735 g/mol. The number of hydrogen-bond acceptors (Lipinski definition) is 6. The van der Waals surface area contributed by atoms with E-state index in [1.807, 2.05) is 19.1 Å². The maximum atomic E-state index is 11.7. The SMILES string of the molecule is CCCCCc1cc(O)c(C/C=C(\C)CCC=C(C)C)c(O)c1C(=O)O.CCCCCc1cc(OC)c(C/C=C(\C)CCC=C(C)C)c(O)c1C(=O)O.